The van der Waals surface area contributed by atoms with Crippen molar-refractivity contribution in [2.75, 3.05) is 0 Å². The largest absolute Gasteiger partial charge is 0.0765 e. The molecular formula is C14H11Br. The van der Waals surface area contributed by atoms with Crippen LogP contribution in [0.4, 0.5) is 0 Å². The number of halogens is 1. The Kier molecular flexibility index (Phi) is 1.96. The van der Waals surface area contributed by atoms with E-state index in [0.29, 0.717) is 0 Å². The molecule has 0 aliphatic heterocycles. The maximum Gasteiger partial charge on any atom is 0.0259 e. The van der Waals surface area contributed by atoms with Crippen LogP contribution in [0.3, 0.4) is 0 Å². The summed E-state index contributed by atoms with van der Waals surface area (Å²) in [7, 11) is 0. The van der Waals surface area contributed by atoms with Crippen LogP contribution in [0, 0.1) is 0 Å². The topological polar surface area (TPSA) is 0 Å². The third-order valence-corrected chi connectivity index (χ3v) is 3.80. The number of hydrogen-bond donors (Lipinski definition) is 0. The molecule has 0 bridgehead atoms. The molecule has 0 spiro atoms. The van der Waals surface area contributed by atoms with Crippen LogP contribution in [-0.4, -0.2) is 0 Å². The Morgan fingerprint density at radius 2 is 1.87 bits per heavy atom. The van der Waals surface area contributed by atoms with Crippen molar-refractivity contribution in [2.45, 2.75) is 13.3 Å². The van der Waals surface area contributed by atoms with Gasteiger partial charge in [0.25, 0.3) is 0 Å². The van der Waals surface area contributed by atoms with Gasteiger partial charge in [-0.1, -0.05) is 46.3 Å². The Bertz CT molecular complexity index is 579. The summed E-state index contributed by atoms with van der Waals surface area (Å²) < 4.78 is 1.20. The fourth-order valence-corrected chi connectivity index (χ4v) is 2.90. The van der Waals surface area contributed by atoms with E-state index in [0.717, 1.165) is 6.42 Å². The maximum atomic E-state index is 3.65. The number of hydrogen-bond acceptors (Lipinski definition) is 0. The van der Waals surface area contributed by atoms with E-state index in [2.05, 4.69) is 59.3 Å². The highest BCUT2D eigenvalue weighted by Crippen LogP contribution is 2.37. The van der Waals surface area contributed by atoms with Crippen LogP contribution in [0.2, 0.25) is 0 Å². The first-order valence-corrected chi connectivity index (χ1v) is 5.94. The molecule has 0 aromatic heterocycles. The molecule has 0 atom stereocenters. The lowest BCUT2D eigenvalue weighted by atomic mass is 9.99. The first-order valence-electron chi connectivity index (χ1n) is 5.14. The van der Waals surface area contributed by atoms with E-state index in [1.165, 1.54) is 31.9 Å². The third kappa shape index (κ3) is 1.26. The van der Waals surface area contributed by atoms with Crippen LogP contribution < -0.4 is 0 Å². The van der Waals surface area contributed by atoms with E-state index in [4.69, 9.17) is 0 Å². The summed E-state index contributed by atoms with van der Waals surface area (Å²) in [4.78, 5) is 0. The number of benzene rings is 2. The number of fused-ring (bicyclic) bond motifs is 3. The highest BCUT2D eigenvalue weighted by Gasteiger charge is 2.15. The summed E-state index contributed by atoms with van der Waals surface area (Å²) in [5, 5.41) is 2.70. The summed E-state index contributed by atoms with van der Waals surface area (Å²) in [5.41, 5.74) is 4.28. The predicted molar refractivity (Wildman–Crippen MR) is 69.0 cm³/mol. The molecule has 74 valence electrons. The summed E-state index contributed by atoms with van der Waals surface area (Å²) in [6.07, 6.45) is 3.39. The molecule has 0 saturated heterocycles. The van der Waals surface area contributed by atoms with Gasteiger partial charge in [0.15, 0.2) is 0 Å². The highest BCUT2D eigenvalue weighted by atomic mass is 79.9. The Morgan fingerprint density at radius 3 is 2.67 bits per heavy atom. The molecule has 0 heterocycles. The molecule has 0 amide bonds. The average Bonchev–Trinajstić information content (AvgIpc) is 2.62. The van der Waals surface area contributed by atoms with Crippen molar-refractivity contribution < 1.29 is 0 Å². The Hall–Kier alpha value is -1.08. The molecule has 2 aromatic carbocycles. The zero-order valence-electron chi connectivity index (χ0n) is 8.55. The minimum atomic E-state index is 1.08. The number of rotatable bonds is 0. The maximum absolute atomic E-state index is 3.65. The van der Waals surface area contributed by atoms with E-state index in [-0.39, 0.29) is 0 Å². The van der Waals surface area contributed by atoms with Crippen LogP contribution in [0.25, 0.3) is 16.3 Å². The Morgan fingerprint density at radius 1 is 1.13 bits per heavy atom. The minimum Gasteiger partial charge on any atom is -0.0765 e. The van der Waals surface area contributed by atoms with Gasteiger partial charge in [-0.15, -0.1) is 0 Å². The fraction of sp³-hybridized carbons (Fsp3) is 0.143. The Balaban J connectivity index is 2.46. The molecule has 1 heteroatoms. The minimum absolute atomic E-state index is 1.08. The molecule has 0 nitrogen and oxygen atoms in total. The van der Waals surface area contributed by atoms with Crippen LogP contribution in [-0.2, 0) is 6.42 Å². The summed E-state index contributed by atoms with van der Waals surface area (Å²) in [6.45, 7) is 2.19. The van der Waals surface area contributed by atoms with Crippen molar-refractivity contribution in [1.82, 2.24) is 0 Å². The van der Waals surface area contributed by atoms with Crippen LogP contribution >= 0.6 is 15.9 Å². The SMILES string of the molecule is CC1=CCc2c1cc(Br)c1ccccc21. The van der Waals surface area contributed by atoms with Gasteiger partial charge < -0.3 is 0 Å². The average molecular weight is 259 g/mol. The molecule has 3 rings (SSSR count). The molecule has 15 heavy (non-hydrogen) atoms. The standard InChI is InChI=1S/C14H11Br/c1-9-6-7-11-10-4-2-3-5-12(10)14(15)8-13(9)11/h2-6,8H,7H2,1H3. The molecule has 0 radical (unpaired) electrons. The molecular weight excluding hydrogens is 248 g/mol. The fourth-order valence-electron chi connectivity index (χ4n) is 2.33. The predicted octanol–water partition coefficient (Wildman–Crippen LogP) is 4.56. The van der Waals surface area contributed by atoms with Gasteiger partial charge in [0.05, 0.1) is 0 Å². The van der Waals surface area contributed by atoms with Crippen LogP contribution in [0.1, 0.15) is 18.1 Å². The van der Waals surface area contributed by atoms with E-state index in [1.54, 1.807) is 0 Å². The molecule has 0 N–H and O–H groups in total. The zero-order valence-corrected chi connectivity index (χ0v) is 10.1. The first kappa shape index (κ1) is 9.17. The number of allylic oxidation sites excluding steroid dienone is 2. The van der Waals surface area contributed by atoms with E-state index < -0.39 is 0 Å². The van der Waals surface area contributed by atoms with Crippen LogP contribution in [0.5, 0.6) is 0 Å². The zero-order chi connectivity index (χ0) is 10.4. The van der Waals surface area contributed by atoms with Crippen molar-refractivity contribution in [1.29, 1.82) is 0 Å². The second-order valence-corrected chi connectivity index (χ2v) is 4.88. The highest BCUT2D eigenvalue weighted by molar-refractivity contribution is 9.10. The monoisotopic (exact) mass is 258 g/mol. The van der Waals surface area contributed by atoms with Gasteiger partial charge in [0, 0.05) is 4.47 Å². The molecule has 1 aliphatic rings. The van der Waals surface area contributed by atoms with Crippen LogP contribution in [0.15, 0.2) is 40.9 Å². The van der Waals surface area contributed by atoms with E-state index in [1.807, 2.05) is 0 Å². The summed E-state index contributed by atoms with van der Waals surface area (Å²) in [6, 6.07) is 10.8. The lowest BCUT2D eigenvalue weighted by Gasteiger charge is -2.08. The molecule has 0 unspecified atom stereocenters. The lowest BCUT2D eigenvalue weighted by molar-refractivity contribution is 1.34. The normalized spacial score (nSPS) is 14.1. The van der Waals surface area contributed by atoms with Gasteiger partial charge in [-0.2, -0.15) is 0 Å². The lowest BCUT2D eigenvalue weighted by Crippen LogP contribution is -1.87. The van der Waals surface area contributed by atoms with E-state index in [9.17, 15) is 0 Å². The molecule has 0 saturated carbocycles. The molecule has 1 aliphatic carbocycles. The van der Waals surface area contributed by atoms with Gasteiger partial charge >= 0.3 is 0 Å². The van der Waals surface area contributed by atoms with Gasteiger partial charge in [0.2, 0.25) is 0 Å². The summed E-state index contributed by atoms with van der Waals surface area (Å²) in [5.74, 6) is 0. The van der Waals surface area contributed by atoms with Gasteiger partial charge in [-0.05, 0) is 46.9 Å². The van der Waals surface area contributed by atoms with Crippen molar-refractivity contribution in [3.8, 4) is 0 Å². The molecule has 0 fully saturated rings. The van der Waals surface area contributed by atoms with Gasteiger partial charge in [-0.25, -0.2) is 0 Å². The third-order valence-electron chi connectivity index (χ3n) is 3.14. The van der Waals surface area contributed by atoms with Crippen molar-refractivity contribution in [3.63, 3.8) is 0 Å². The van der Waals surface area contributed by atoms with E-state index >= 15 is 0 Å². The molecule has 2 aromatic rings. The van der Waals surface area contributed by atoms with Gasteiger partial charge in [0.1, 0.15) is 0 Å². The van der Waals surface area contributed by atoms with Crippen molar-refractivity contribution >= 4 is 32.3 Å². The first-order chi connectivity index (χ1) is 7.27. The van der Waals surface area contributed by atoms with Crippen molar-refractivity contribution in [2.24, 2.45) is 0 Å². The quantitative estimate of drug-likeness (QED) is 0.650. The van der Waals surface area contributed by atoms with Crippen molar-refractivity contribution in [3.05, 3.63) is 52.0 Å². The Labute approximate surface area is 97.7 Å². The summed E-state index contributed by atoms with van der Waals surface area (Å²) >= 11 is 3.65. The van der Waals surface area contributed by atoms with Gasteiger partial charge in [-0.3, -0.25) is 0 Å². The second kappa shape index (κ2) is 3.21. The smallest absolute Gasteiger partial charge is 0.0259 e. The second-order valence-electron chi connectivity index (χ2n) is 4.02.